The molecule has 0 unspecified atom stereocenters. The fourth-order valence-corrected chi connectivity index (χ4v) is 5.40. The molecule has 0 aliphatic carbocycles. The Morgan fingerprint density at radius 1 is 1.24 bits per heavy atom. The first-order chi connectivity index (χ1) is 18.1. The molecule has 0 bridgehead atoms. The molecule has 1 fully saturated rings. The molecule has 2 aromatic heterocycles. The number of piperidine rings is 1. The summed E-state index contributed by atoms with van der Waals surface area (Å²) < 4.78 is 2.10. The van der Waals surface area contributed by atoms with Gasteiger partial charge in [0.15, 0.2) is 22.7 Å². The van der Waals surface area contributed by atoms with E-state index in [1.807, 2.05) is 30.0 Å². The maximum Gasteiger partial charge on any atom is 0.253 e. The number of nitrogens with one attached hydrogen (secondary N) is 2. The maximum absolute atomic E-state index is 13.4. The van der Waals surface area contributed by atoms with Crippen LogP contribution in [0.5, 0.6) is 0 Å². The lowest BCUT2D eigenvalue weighted by Crippen LogP contribution is -2.56. The number of nitrogens with two attached hydrogens (primary N) is 2. The number of likely N-dealkylation sites (tertiary alicyclic amines) is 1. The highest BCUT2D eigenvalue weighted by atomic mass is 35.5. The summed E-state index contributed by atoms with van der Waals surface area (Å²) in [5.74, 6) is 0.766. The van der Waals surface area contributed by atoms with Crippen molar-refractivity contribution in [2.45, 2.75) is 38.8 Å². The Bertz CT molecular complexity index is 1470. The van der Waals surface area contributed by atoms with Gasteiger partial charge in [-0.3, -0.25) is 9.79 Å². The number of nitrogens with zero attached hydrogens (tertiary/aromatic N) is 5. The van der Waals surface area contributed by atoms with Crippen molar-refractivity contribution in [2.24, 2.45) is 4.99 Å². The van der Waals surface area contributed by atoms with Crippen molar-refractivity contribution in [2.75, 3.05) is 37.7 Å². The first-order valence-corrected chi connectivity index (χ1v) is 12.9. The van der Waals surface area contributed by atoms with Crippen molar-refractivity contribution < 1.29 is 9.90 Å². The fourth-order valence-electron chi connectivity index (χ4n) is 5.27. The van der Waals surface area contributed by atoms with E-state index in [4.69, 9.17) is 23.1 Å². The van der Waals surface area contributed by atoms with Crippen LogP contribution in [0.2, 0.25) is 5.15 Å². The Labute approximate surface area is 225 Å². The molecule has 1 aromatic carbocycles. The van der Waals surface area contributed by atoms with Crippen molar-refractivity contribution in [3.63, 3.8) is 0 Å². The van der Waals surface area contributed by atoms with E-state index in [2.05, 4.69) is 43.7 Å². The van der Waals surface area contributed by atoms with E-state index in [0.717, 1.165) is 35.0 Å². The number of halogens is 1. The number of guanidine groups is 1. The standard InChI is InChI=1S/C26H32ClN9O2/c1-14-16(3)36(10-11-37)19-5-4-17(12-18(14)19)24(38)35-8-6-26(7-9-35)13-30-25(34-26)31-15(2)20-22(28)33-23(29)21(27)32-20/h4-5,12,37H,2,6-11,13H2,1,3H3,(H4,28,29,33)(H2,30,31,34). The average Bonchev–Trinajstić information content (AvgIpc) is 3.39. The largest absolute Gasteiger partial charge is 0.395 e. The first kappa shape index (κ1) is 25.8. The number of rotatable bonds is 5. The number of carbonyl (C=O) groups is 1. The predicted molar refractivity (Wildman–Crippen MR) is 150 cm³/mol. The molecule has 1 spiro atoms. The zero-order valence-electron chi connectivity index (χ0n) is 21.5. The molecule has 4 heterocycles. The van der Waals surface area contributed by atoms with Crippen LogP contribution < -0.4 is 22.1 Å². The SMILES string of the molecule is C=C(NC1=NCC2(CCN(C(=O)c3ccc4c(c3)c(C)c(C)n4CCO)CC2)N1)c1nc(Cl)c(N)nc1N. The van der Waals surface area contributed by atoms with Gasteiger partial charge in [0, 0.05) is 41.8 Å². The van der Waals surface area contributed by atoms with Crippen molar-refractivity contribution >= 4 is 51.7 Å². The predicted octanol–water partition coefficient (Wildman–Crippen LogP) is 2.05. The number of hydrogen-bond donors (Lipinski definition) is 5. The Morgan fingerprint density at radius 3 is 2.68 bits per heavy atom. The van der Waals surface area contributed by atoms with Gasteiger partial charge in [0.1, 0.15) is 5.69 Å². The van der Waals surface area contributed by atoms with Crippen LogP contribution in [0.3, 0.4) is 0 Å². The molecule has 5 rings (SSSR count). The fraction of sp³-hybridized carbons (Fsp3) is 0.385. The molecule has 0 atom stereocenters. The molecule has 0 saturated carbocycles. The van der Waals surface area contributed by atoms with Crippen LogP contribution in [0.25, 0.3) is 16.6 Å². The molecule has 1 amide bonds. The van der Waals surface area contributed by atoms with E-state index in [-0.39, 0.29) is 34.8 Å². The third-order valence-electron chi connectivity index (χ3n) is 7.60. The summed E-state index contributed by atoms with van der Waals surface area (Å²) in [4.78, 5) is 28.1. The second-order valence-electron chi connectivity index (χ2n) is 9.92. The maximum atomic E-state index is 13.4. The van der Waals surface area contributed by atoms with Crippen molar-refractivity contribution in [3.8, 4) is 0 Å². The van der Waals surface area contributed by atoms with Gasteiger partial charge in [-0.2, -0.15) is 0 Å². The minimum Gasteiger partial charge on any atom is -0.395 e. The molecule has 3 aromatic rings. The topological polar surface area (TPSA) is 160 Å². The number of aryl methyl sites for hydroxylation is 1. The number of aliphatic hydroxyl groups is 1. The summed E-state index contributed by atoms with van der Waals surface area (Å²) in [6.07, 6.45) is 1.51. The number of anilines is 2. The zero-order chi connectivity index (χ0) is 27.2. The van der Waals surface area contributed by atoms with Gasteiger partial charge in [0.2, 0.25) is 0 Å². The van der Waals surface area contributed by atoms with Crippen molar-refractivity contribution in [3.05, 3.63) is 52.4 Å². The van der Waals surface area contributed by atoms with Gasteiger partial charge in [-0.05, 0) is 50.5 Å². The normalized spacial score (nSPS) is 16.5. The van der Waals surface area contributed by atoms with Gasteiger partial charge in [0.05, 0.1) is 24.4 Å². The number of nitrogen functional groups attached to an aromatic ring is 2. The highest BCUT2D eigenvalue weighted by Gasteiger charge is 2.40. The molecule has 12 heteroatoms. The third kappa shape index (κ3) is 4.52. The van der Waals surface area contributed by atoms with Gasteiger partial charge in [-0.25, -0.2) is 9.97 Å². The number of aliphatic imine (C=N–C) groups is 1. The number of hydrogen-bond acceptors (Lipinski definition) is 9. The van der Waals surface area contributed by atoms with Gasteiger partial charge in [0.25, 0.3) is 5.91 Å². The monoisotopic (exact) mass is 537 g/mol. The third-order valence-corrected chi connectivity index (χ3v) is 7.88. The average molecular weight is 538 g/mol. The van der Waals surface area contributed by atoms with E-state index >= 15 is 0 Å². The summed E-state index contributed by atoms with van der Waals surface area (Å²) in [5.41, 5.74) is 16.0. The lowest BCUT2D eigenvalue weighted by atomic mass is 9.88. The molecule has 2 aliphatic rings. The zero-order valence-corrected chi connectivity index (χ0v) is 22.3. The minimum absolute atomic E-state index is 0.0219. The summed E-state index contributed by atoms with van der Waals surface area (Å²) in [5, 5.41) is 17.1. The number of fused-ring (bicyclic) bond motifs is 1. The molecule has 7 N–H and O–H groups in total. The number of benzene rings is 1. The van der Waals surface area contributed by atoms with Crippen LogP contribution in [0.1, 0.15) is 40.2 Å². The molecule has 11 nitrogen and oxygen atoms in total. The summed E-state index contributed by atoms with van der Waals surface area (Å²) in [6.45, 7) is 10.5. The molecular formula is C26H32ClN9O2. The van der Waals surface area contributed by atoms with E-state index in [9.17, 15) is 9.90 Å². The Balaban J connectivity index is 1.22. The van der Waals surface area contributed by atoms with Gasteiger partial charge < -0.3 is 36.7 Å². The summed E-state index contributed by atoms with van der Waals surface area (Å²) in [6, 6.07) is 5.83. The van der Waals surface area contributed by atoms with Gasteiger partial charge >= 0.3 is 0 Å². The molecule has 2 aliphatic heterocycles. The number of carbonyl (C=O) groups excluding carboxylic acids is 1. The van der Waals surface area contributed by atoms with Gasteiger partial charge in [-0.1, -0.05) is 18.2 Å². The Morgan fingerprint density at radius 2 is 1.97 bits per heavy atom. The summed E-state index contributed by atoms with van der Waals surface area (Å²) >= 11 is 5.99. The number of aliphatic hydroxyl groups excluding tert-OH is 1. The smallest absolute Gasteiger partial charge is 0.253 e. The molecule has 200 valence electrons. The van der Waals surface area contributed by atoms with Gasteiger partial charge in [-0.15, -0.1) is 0 Å². The Kier molecular flexibility index (Phi) is 6.66. The lowest BCUT2D eigenvalue weighted by Gasteiger charge is -2.39. The van der Waals surface area contributed by atoms with Crippen LogP contribution in [-0.4, -0.2) is 68.2 Å². The van der Waals surface area contributed by atoms with E-state index < -0.39 is 0 Å². The highest BCUT2D eigenvalue weighted by molar-refractivity contribution is 6.31. The molecule has 38 heavy (non-hydrogen) atoms. The minimum atomic E-state index is -0.242. The van der Waals surface area contributed by atoms with Crippen molar-refractivity contribution in [1.82, 2.24) is 30.1 Å². The van der Waals surface area contributed by atoms with Crippen LogP contribution in [0, 0.1) is 13.8 Å². The van der Waals surface area contributed by atoms with Crippen LogP contribution in [0.15, 0.2) is 29.8 Å². The van der Waals surface area contributed by atoms with E-state index in [0.29, 0.717) is 49.1 Å². The van der Waals surface area contributed by atoms with E-state index in [1.165, 1.54) is 0 Å². The number of amides is 1. The second-order valence-corrected chi connectivity index (χ2v) is 10.3. The Hall–Kier alpha value is -3.83. The quantitative estimate of drug-likeness (QED) is 0.330. The van der Waals surface area contributed by atoms with E-state index in [1.54, 1.807) is 0 Å². The van der Waals surface area contributed by atoms with Crippen LogP contribution >= 0.6 is 11.6 Å². The number of aromatic nitrogens is 3. The highest BCUT2D eigenvalue weighted by Crippen LogP contribution is 2.30. The summed E-state index contributed by atoms with van der Waals surface area (Å²) in [7, 11) is 0. The first-order valence-electron chi connectivity index (χ1n) is 12.5. The van der Waals surface area contributed by atoms with Crippen LogP contribution in [-0.2, 0) is 6.54 Å². The molecule has 0 radical (unpaired) electrons. The van der Waals surface area contributed by atoms with Crippen LogP contribution in [0.4, 0.5) is 11.6 Å². The lowest BCUT2D eigenvalue weighted by molar-refractivity contribution is 0.0668. The molecular weight excluding hydrogens is 506 g/mol. The second kappa shape index (κ2) is 9.80. The van der Waals surface area contributed by atoms with Crippen molar-refractivity contribution in [1.29, 1.82) is 0 Å². The molecule has 1 saturated heterocycles.